The van der Waals surface area contributed by atoms with Crippen LogP contribution in [0.3, 0.4) is 0 Å². The molecule has 1 aliphatic carbocycles. The maximum absolute atomic E-state index is 13.2. The van der Waals surface area contributed by atoms with Crippen LogP contribution in [0.15, 0.2) is 54.6 Å². The van der Waals surface area contributed by atoms with Crippen molar-refractivity contribution in [2.45, 2.75) is 37.3 Å². The number of morpholine rings is 1. The molecule has 4 heteroatoms. The van der Waals surface area contributed by atoms with Crippen LogP contribution in [-0.2, 0) is 16.0 Å². The van der Waals surface area contributed by atoms with Gasteiger partial charge in [0, 0.05) is 19.5 Å². The largest absolute Gasteiger partial charge is 0.376 e. The van der Waals surface area contributed by atoms with Gasteiger partial charge in [0.15, 0.2) is 0 Å². The average molecular weight is 369 g/mol. The molecule has 1 N–H and O–H groups in total. The van der Waals surface area contributed by atoms with Crippen molar-refractivity contribution < 1.29 is 9.53 Å². The molecule has 1 aliphatic heterocycles. The highest BCUT2D eigenvalue weighted by atomic mass is 16.5. The lowest BCUT2D eigenvalue weighted by Gasteiger charge is -2.43. The van der Waals surface area contributed by atoms with Crippen molar-refractivity contribution >= 4 is 5.78 Å². The second kappa shape index (κ2) is 9.45. The van der Waals surface area contributed by atoms with Gasteiger partial charge in [-0.2, -0.15) is 0 Å². The second-order valence-corrected chi connectivity index (χ2v) is 7.83. The number of nitrogens with zero attached hydrogens (tertiary/aromatic N) is 1. The standard InChI is InChI=1S/C23H32N2O2/c1-25(2)23(17-19-9-4-3-5-10-19)14-7-6-12-21(23)22(26)13-8-11-20-18-24-15-16-27-20/h3-7,9-10,12,14,20-21,24H,8,11,13,15-18H2,1-2H3. The number of rotatable bonds is 8. The Hall–Kier alpha value is -1.75. The minimum Gasteiger partial charge on any atom is -0.376 e. The molecule has 0 saturated carbocycles. The highest BCUT2D eigenvalue weighted by Gasteiger charge is 2.42. The molecule has 4 nitrogen and oxygen atoms in total. The number of carbonyl (C=O) groups excluding carboxylic acids is 1. The van der Waals surface area contributed by atoms with E-state index in [2.05, 4.69) is 66.8 Å². The Morgan fingerprint density at radius 2 is 2.07 bits per heavy atom. The molecule has 1 saturated heterocycles. The van der Waals surface area contributed by atoms with Crippen molar-refractivity contribution in [2.24, 2.45) is 5.92 Å². The van der Waals surface area contributed by atoms with Crippen molar-refractivity contribution in [3.63, 3.8) is 0 Å². The quantitative estimate of drug-likeness (QED) is 0.766. The lowest BCUT2D eigenvalue weighted by molar-refractivity contribution is -0.124. The van der Waals surface area contributed by atoms with Crippen molar-refractivity contribution in [3.8, 4) is 0 Å². The zero-order chi connectivity index (χ0) is 19.1. The molecule has 0 bridgehead atoms. The highest BCUT2D eigenvalue weighted by Crippen LogP contribution is 2.34. The van der Waals surface area contributed by atoms with E-state index in [9.17, 15) is 4.79 Å². The van der Waals surface area contributed by atoms with Gasteiger partial charge in [0.1, 0.15) is 5.78 Å². The summed E-state index contributed by atoms with van der Waals surface area (Å²) in [5.74, 6) is 0.201. The zero-order valence-corrected chi connectivity index (χ0v) is 16.6. The van der Waals surface area contributed by atoms with Crippen LogP contribution in [0.25, 0.3) is 0 Å². The zero-order valence-electron chi connectivity index (χ0n) is 16.6. The number of hydrogen-bond acceptors (Lipinski definition) is 4. The molecule has 1 fully saturated rings. The van der Waals surface area contributed by atoms with Crippen molar-refractivity contribution in [1.29, 1.82) is 0 Å². The fourth-order valence-corrected chi connectivity index (χ4v) is 4.20. The first-order valence-corrected chi connectivity index (χ1v) is 10.0. The molecular weight excluding hydrogens is 336 g/mol. The maximum atomic E-state index is 13.2. The SMILES string of the molecule is CN(C)C1(Cc2ccccc2)C=CC=CC1C(=O)CCCC1CNCCO1. The number of Topliss-reactive ketones (excluding diaryl/α,β-unsaturated/α-hetero) is 1. The topological polar surface area (TPSA) is 41.6 Å². The maximum Gasteiger partial charge on any atom is 0.141 e. The van der Waals surface area contributed by atoms with Crippen LogP contribution in [0.5, 0.6) is 0 Å². The van der Waals surface area contributed by atoms with Gasteiger partial charge in [0.25, 0.3) is 0 Å². The molecule has 27 heavy (non-hydrogen) atoms. The van der Waals surface area contributed by atoms with Gasteiger partial charge < -0.3 is 10.1 Å². The van der Waals surface area contributed by atoms with Gasteiger partial charge in [0.05, 0.1) is 24.2 Å². The monoisotopic (exact) mass is 368 g/mol. The minimum atomic E-state index is -0.309. The number of benzene rings is 1. The van der Waals surface area contributed by atoms with Crippen LogP contribution in [0.1, 0.15) is 24.8 Å². The van der Waals surface area contributed by atoms with E-state index in [1.165, 1.54) is 5.56 Å². The third-order valence-corrected chi connectivity index (χ3v) is 5.80. The van der Waals surface area contributed by atoms with E-state index in [0.29, 0.717) is 12.2 Å². The lowest BCUT2D eigenvalue weighted by atomic mass is 9.72. The van der Waals surface area contributed by atoms with E-state index in [1.807, 2.05) is 12.1 Å². The van der Waals surface area contributed by atoms with Crippen molar-refractivity contribution in [3.05, 3.63) is 60.2 Å². The van der Waals surface area contributed by atoms with E-state index in [1.54, 1.807) is 0 Å². The number of nitrogens with one attached hydrogen (secondary N) is 1. The van der Waals surface area contributed by atoms with Crippen LogP contribution >= 0.6 is 0 Å². The van der Waals surface area contributed by atoms with Gasteiger partial charge in [0.2, 0.25) is 0 Å². The summed E-state index contributed by atoms with van der Waals surface area (Å²) in [4.78, 5) is 15.4. The van der Waals surface area contributed by atoms with Crippen molar-refractivity contribution in [1.82, 2.24) is 10.2 Å². The Morgan fingerprint density at radius 3 is 2.78 bits per heavy atom. The molecule has 1 heterocycles. The molecule has 0 radical (unpaired) electrons. The summed E-state index contributed by atoms with van der Waals surface area (Å²) < 4.78 is 5.76. The van der Waals surface area contributed by atoms with Crippen LogP contribution < -0.4 is 5.32 Å². The van der Waals surface area contributed by atoms with Crippen LogP contribution in [0.2, 0.25) is 0 Å². The number of ketones is 1. The van der Waals surface area contributed by atoms with Gasteiger partial charge in [-0.15, -0.1) is 0 Å². The van der Waals surface area contributed by atoms with Gasteiger partial charge in [-0.3, -0.25) is 9.69 Å². The molecule has 0 aromatic heterocycles. The molecule has 1 aromatic rings. The van der Waals surface area contributed by atoms with Crippen LogP contribution in [-0.4, -0.2) is 56.1 Å². The van der Waals surface area contributed by atoms with Gasteiger partial charge in [-0.05, 0) is 38.9 Å². The lowest BCUT2D eigenvalue weighted by Crippen LogP contribution is -2.53. The Kier molecular flexibility index (Phi) is 7.00. The summed E-state index contributed by atoms with van der Waals surface area (Å²) in [6.07, 6.45) is 11.9. The molecule has 0 spiro atoms. The summed E-state index contributed by atoms with van der Waals surface area (Å²) in [5, 5.41) is 3.35. The summed E-state index contributed by atoms with van der Waals surface area (Å²) in [5.41, 5.74) is 0.946. The summed E-state index contributed by atoms with van der Waals surface area (Å²) in [6, 6.07) is 10.5. The molecule has 0 amide bonds. The average Bonchev–Trinajstić information content (AvgIpc) is 2.69. The van der Waals surface area contributed by atoms with Crippen LogP contribution in [0, 0.1) is 5.92 Å². The molecule has 3 atom stereocenters. The minimum absolute atomic E-state index is 0.122. The fourth-order valence-electron chi connectivity index (χ4n) is 4.20. The number of likely N-dealkylation sites (N-methyl/N-ethyl adjacent to an activating group) is 1. The predicted octanol–water partition coefficient (Wildman–Crippen LogP) is 3.00. The summed E-state index contributed by atoms with van der Waals surface area (Å²) in [6.45, 7) is 2.60. The Morgan fingerprint density at radius 1 is 1.26 bits per heavy atom. The molecular formula is C23H32N2O2. The Bertz CT molecular complexity index is 662. The van der Waals surface area contributed by atoms with E-state index >= 15 is 0 Å². The first-order valence-electron chi connectivity index (χ1n) is 10.0. The first kappa shape index (κ1) is 20.0. The number of ether oxygens (including phenoxy) is 1. The van der Waals surface area contributed by atoms with Gasteiger partial charge >= 0.3 is 0 Å². The predicted molar refractivity (Wildman–Crippen MR) is 110 cm³/mol. The normalized spacial score (nSPS) is 27.8. The summed E-state index contributed by atoms with van der Waals surface area (Å²) in [7, 11) is 4.16. The third kappa shape index (κ3) is 4.95. The molecule has 2 aliphatic rings. The molecule has 3 rings (SSSR count). The van der Waals surface area contributed by atoms with E-state index in [0.717, 1.165) is 39.0 Å². The van der Waals surface area contributed by atoms with Gasteiger partial charge in [-0.1, -0.05) is 54.6 Å². The number of carbonyl (C=O) groups is 1. The number of hydrogen-bond donors (Lipinski definition) is 1. The molecule has 146 valence electrons. The van der Waals surface area contributed by atoms with E-state index < -0.39 is 0 Å². The third-order valence-electron chi connectivity index (χ3n) is 5.80. The number of allylic oxidation sites excluding steroid dienone is 2. The molecule has 3 unspecified atom stereocenters. The van der Waals surface area contributed by atoms with Crippen molar-refractivity contribution in [2.75, 3.05) is 33.8 Å². The first-order chi connectivity index (χ1) is 13.1. The second-order valence-electron chi connectivity index (χ2n) is 7.83. The highest BCUT2D eigenvalue weighted by molar-refractivity contribution is 5.85. The van der Waals surface area contributed by atoms with E-state index in [-0.39, 0.29) is 17.6 Å². The molecule has 1 aromatic carbocycles. The summed E-state index contributed by atoms with van der Waals surface area (Å²) >= 11 is 0. The smallest absolute Gasteiger partial charge is 0.141 e. The van der Waals surface area contributed by atoms with Crippen LogP contribution in [0.4, 0.5) is 0 Å². The van der Waals surface area contributed by atoms with E-state index in [4.69, 9.17) is 4.74 Å². The van der Waals surface area contributed by atoms with Gasteiger partial charge in [-0.25, -0.2) is 0 Å². The Labute approximate surface area is 163 Å². The fraction of sp³-hybridized carbons (Fsp3) is 0.522. The Balaban J connectivity index is 1.67.